The Bertz CT molecular complexity index is 799. The molecule has 0 saturated carbocycles. The zero-order valence-electron chi connectivity index (χ0n) is 16.7. The van der Waals surface area contributed by atoms with Gasteiger partial charge in [0.15, 0.2) is 0 Å². The molecule has 2 rings (SSSR count). The SMILES string of the molecule is CC/C=C(/OC)C(Cc1ccc(NOC)cc1)NC(=O)c1c(C)cccc1Cl. The molecule has 2 N–H and O–H groups in total. The quantitative estimate of drug-likeness (QED) is 0.462. The number of halogens is 1. The molecular weight excluding hydrogens is 376 g/mol. The molecule has 1 atom stereocenters. The minimum absolute atomic E-state index is 0.218. The third-order valence-electron chi connectivity index (χ3n) is 4.35. The molecule has 0 saturated heterocycles. The van der Waals surface area contributed by atoms with Gasteiger partial charge in [0.25, 0.3) is 5.91 Å². The van der Waals surface area contributed by atoms with Crippen LogP contribution in [0.2, 0.25) is 5.02 Å². The fraction of sp³-hybridized carbons (Fsp3) is 0.318. The van der Waals surface area contributed by atoms with Crippen LogP contribution in [0.3, 0.4) is 0 Å². The maximum Gasteiger partial charge on any atom is 0.253 e. The second-order valence-corrected chi connectivity index (χ2v) is 6.79. The summed E-state index contributed by atoms with van der Waals surface area (Å²) in [6.07, 6.45) is 3.37. The van der Waals surface area contributed by atoms with Gasteiger partial charge in [-0.1, -0.05) is 42.8 Å². The maximum absolute atomic E-state index is 12.9. The summed E-state index contributed by atoms with van der Waals surface area (Å²) in [5.74, 6) is 0.504. The minimum atomic E-state index is -0.311. The summed E-state index contributed by atoms with van der Waals surface area (Å²) in [7, 11) is 3.18. The van der Waals surface area contributed by atoms with E-state index in [1.54, 1.807) is 20.3 Å². The van der Waals surface area contributed by atoms with Gasteiger partial charge in [0, 0.05) is 0 Å². The van der Waals surface area contributed by atoms with Gasteiger partial charge in [0.05, 0.1) is 36.5 Å². The predicted molar refractivity (Wildman–Crippen MR) is 114 cm³/mol. The van der Waals surface area contributed by atoms with Gasteiger partial charge in [0.1, 0.15) is 5.76 Å². The van der Waals surface area contributed by atoms with Crippen LogP contribution in [-0.4, -0.2) is 26.2 Å². The lowest BCUT2D eigenvalue weighted by Crippen LogP contribution is -2.39. The van der Waals surface area contributed by atoms with E-state index in [1.807, 2.05) is 56.3 Å². The zero-order valence-corrected chi connectivity index (χ0v) is 17.5. The Labute approximate surface area is 171 Å². The first kappa shape index (κ1) is 21.8. The van der Waals surface area contributed by atoms with E-state index in [0.717, 1.165) is 29.0 Å². The average molecular weight is 403 g/mol. The fourth-order valence-corrected chi connectivity index (χ4v) is 3.31. The van der Waals surface area contributed by atoms with Crippen LogP contribution in [0.15, 0.2) is 54.3 Å². The molecule has 2 aromatic carbocycles. The van der Waals surface area contributed by atoms with Crippen molar-refractivity contribution in [1.82, 2.24) is 5.32 Å². The molecular formula is C22H27ClN2O3. The number of carbonyl (C=O) groups is 1. The molecule has 5 nitrogen and oxygen atoms in total. The molecule has 0 aromatic heterocycles. The number of allylic oxidation sites excluding steroid dienone is 1. The number of hydrogen-bond donors (Lipinski definition) is 2. The smallest absolute Gasteiger partial charge is 0.253 e. The summed E-state index contributed by atoms with van der Waals surface area (Å²) in [4.78, 5) is 17.9. The van der Waals surface area contributed by atoms with Gasteiger partial charge in [-0.2, -0.15) is 0 Å². The Morgan fingerprint density at radius 2 is 1.89 bits per heavy atom. The second-order valence-electron chi connectivity index (χ2n) is 6.38. The third kappa shape index (κ3) is 5.75. The highest BCUT2D eigenvalue weighted by atomic mass is 35.5. The summed E-state index contributed by atoms with van der Waals surface area (Å²) < 4.78 is 5.57. The number of amides is 1. The first-order valence-electron chi connectivity index (χ1n) is 9.18. The van der Waals surface area contributed by atoms with Crippen molar-refractivity contribution in [3.05, 3.63) is 76.0 Å². The highest BCUT2D eigenvalue weighted by molar-refractivity contribution is 6.34. The molecule has 6 heteroatoms. The number of carbonyl (C=O) groups excluding carboxylic acids is 1. The molecule has 0 bridgehead atoms. The van der Waals surface area contributed by atoms with E-state index < -0.39 is 0 Å². The van der Waals surface area contributed by atoms with E-state index in [-0.39, 0.29) is 11.9 Å². The van der Waals surface area contributed by atoms with Crippen molar-refractivity contribution >= 4 is 23.2 Å². The molecule has 0 aliphatic carbocycles. The van der Waals surface area contributed by atoms with Crippen LogP contribution in [0.4, 0.5) is 5.69 Å². The lowest BCUT2D eigenvalue weighted by Gasteiger charge is -2.22. The van der Waals surface area contributed by atoms with E-state index in [0.29, 0.717) is 17.0 Å². The number of anilines is 1. The zero-order chi connectivity index (χ0) is 20.5. The van der Waals surface area contributed by atoms with E-state index >= 15 is 0 Å². The van der Waals surface area contributed by atoms with Gasteiger partial charge in [-0.25, -0.2) is 0 Å². The van der Waals surface area contributed by atoms with Crippen LogP contribution >= 0.6 is 11.6 Å². The van der Waals surface area contributed by atoms with Crippen molar-refractivity contribution in [1.29, 1.82) is 0 Å². The lowest BCUT2D eigenvalue weighted by molar-refractivity contribution is 0.0928. The number of nitrogens with one attached hydrogen (secondary N) is 2. The Kier molecular flexibility index (Phi) is 8.36. The summed E-state index contributed by atoms with van der Waals surface area (Å²) in [5.41, 5.74) is 6.02. The molecule has 0 spiro atoms. The van der Waals surface area contributed by atoms with E-state index in [1.165, 1.54) is 0 Å². The second kappa shape index (κ2) is 10.7. The third-order valence-corrected chi connectivity index (χ3v) is 4.67. The van der Waals surface area contributed by atoms with Crippen molar-refractivity contribution in [2.45, 2.75) is 32.7 Å². The molecule has 1 amide bonds. The topological polar surface area (TPSA) is 59.6 Å². The van der Waals surface area contributed by atoms with E-state index in [2.05, 4.69) is 10.8 Å². The summed E-state index contributed by atoms with van der Waals surface area (Å²) in [5, 5.41) is 3.52. The fourth-order valence-electron chi connectivity index (χ4n) is 3.00. The normalized spacial score (nSPS) is 12.4. The predicted octanol–water partition coefficient (Wildman–Crippen LogP) is 4.90. The number of hydrogen-bond acceptors (Lipinski definition) is 4. The Hall–Kier alpha value is -2.50. The van der Waals surface area contributed by atoms with Gasteiger partial charge in [0.2, 0.25) is 0 Å². The monoisotopic (exact) mass is 402 g/mol. The van der Waals surface area contributed by atoms with Crippen LogP contribution in [0.25, 0.3) is 0 Å². The van der Waals surface area contributed by atoms with Crippen molar-refractivity contribution in [2.24, 2.45) is 0 Å². The Balaban J connectivity index is 2.26. The summed E-state index contributed by atoms with van der Waals surface area (Å²) in [6.45, 7) is 3.90. The highest BCUT2D eigenvalue weighted by Crippen LogP contribution is 2.21. The van der Waals surface area contributed by atoms with Crippen molar-refractivity contribution in [3.63, 3.8) is 0 Å². The molecule has 150 valence electrons. The molecule has 1 unspecified atom stereocenters. The molecule has 0 aliphatic heterocycles. The van der Waals surface area contributed by atoms with Gasteiger partial charge in [-0.15, -0.1) is 0 Å². The minimum Gasteiger partial charge on any atom is -0.499 e. The number of rotatable bonds is 9. The van der Waals surface area contributed by atoms with Gasteiger partial charge >= 0.3 is 0 Å². The van der Waals surface area contributed by atoms with Crippen LogP contribution in [0, 0.1) is 6.92 Å². The van der Waals surface area contributed by atoms with Gasteiger partial charge < -0.3 is 10.1 Å². The van der Waals surface area contributed by atoms with Gasteiger partial charge in [-0.05, 0) is 55.2 Å². The van der Waals surface area contributed by atoms with Crippen molar-refractivity contribution in [2.75, 3.05) is 19.7 Å². The van der Waals surface area contributed by atoms with Crippen molar-refractivity contribution < 1.29 is 14.4 Å². The van der Waals surface area contributed by atoms with E-state index in [9.17, 15) is 4.79 Å². The summed E-state index contributed by atoms with van der Waals surface area (Å²) in [6, 6.07) is 12.9. The molecule has 0 fully saturated rings. The molecule has 0 radical (unpaired) electrons. The highest BCUT2D eigenvalue weighted by Gasteiger charge is 2.21. The molecule has 0 heterocycles. The molecule has 2 aromatic rings. The van der Waals surface area contributed by atoms with Crippen LogP contribution in [-0.2, 0) is 16.0 Å². The Morgan fingerprint density at radius 3 is 2.46 bits per heavy atom. The van der Waals surface area contributed by atoms with Crippen LogP contribution in [0.5, 0.6) is 0 Å². The molecule has 0 aliphatic rings. The van der Waals surface area contributed by atoms with Gasteiger partial charge in [-0.3, -0.25) is 15.1 Å². The first-order chi connectivity index (χ1) is 13.5. The summed E-state index contributed by atoms with van der Waals surface area (Å²) >= 11 is 6.26. The standard InChI is InChI=1S/C22H27ClN2O3/c1-5-7-20(27-3)19(14-16-10-12-17(13-11-16)25-28-4)24-22(26)21-15(2)8-6-9-18(21)23/h6-13,19,25H,5,14H2,1-4H3,(H,24,26)/b20-7+. The number of benzene rings is 2. The van der Waals surface area contributed by atoms with Crippen LogP contribution in [0.1, 0.15) is 34.8 Å². The average Bonchev–Trinajstić information content (AvgIpc) is 2.67. The number of aryl methyl sites for hydroxylation is 1. The maximum atomic E-state index is 12.9. The largest absolute Gasteiger partial charge is 0.499 e. The molecule has 28 heavy (non-hydrogen) atoms. The van der Waals surface area contributed by atoms with Crippen LogP contribution < -0.4 is 10.8 Å². The number of methoxy groups -OCH3 is 1. The van der Waals surface area contributed by atoms with E-state index in [4.69, 9.17) is 21.2 Å². The van der Waals surface area contributed by atoms with Crippen molar-refractivity contribution in [3.8, 4) is 0 Å². The Morgan fingerprint density at radius 1 is 1.18 bits per heavy atom. The first-order valence-corrected chi connectivity index (χ1v) is 9.55. The lowest BCUT2D eigenvalue weighted by atomic mass is 10.0. The number of ether oxygens (including phenoxy) is 1.